The Labute approximate surface area is 115 Å². The lowest BCUT2D eigenvalue weighted by Gasteiger charge is -2.14. The first kappa shape index (κ1) is 12.5. The zero-order valence-electron chi connectivity index (χ0n) is 11.2. The molecule has 2 aromatic rings. The Morgan fingerprint density at radius 1 is 1.45 bits per heavy atom. The van der Waals surface area contributed by atoms with Crippen molar-refractivity contribution >= 4 is 5.91 Å². The van der Waals surface area contributed by atoms with E-state index < -0.39 is 0 Å². The molecule has 0 fully saturated rings. The van der Waals surface area contributed by atoms with Crippen LogP contribution in [0.5, 0.6) is 11.5 Å². The molecule has 0 aliphatic carbocycles. The first-order chi connectivity index (χ1) is 9.61. The molecule has 1 aliphatic heterocycles. The molecule has 6 heteroatoms. The average Bonchev–Trinajstić information content (AvgIpc) is 2.95. The monoisotopic (exact) mass is 273 g/mol. The van der Waals surface area contributed by atoms with E-state index in [1.54, 1.807) is 18.2 Å². The largest absolute Gasteiger partial charge is 0.504 e. The van der Waals surface area contributed by atoms with Gasteiger partial charge in [-0.2, -0.15) is 5.10 Å². The lowest BCUT2D eigenvalue weighted by molar-refractivity contribution is 0.0955. The van der Waals surface area contributed by atoms with Crippen molar-refractivity contribution < 1.29 is 14.6 Å². The molecular weight excluding hydrogens is 258 g/mol. The number of benzene rings is 1. The van der Waals surface area contributed by atoms with Gasteiger partial charge in [-0.1, -0.05) is 6.07 Å². The summed E-state index contributed by atoms with van der Waals surface area (Å²) in [5.74, 6) is 0.304. The SMILES string of the molecule is CCOc1cc(C2NC(=O)c3n[nH]c(C)c32)ccc1O. The van der Waals surface area contributed by atoms with E-state index in [0.29, 0.717) is 18.1 Å². The minimum absolute atomic E-state index is 0.0871. The fraction of sp³-hybridized carbons (Fsp3) is 0.286. The van der Waals surface area contributed by atoms with Gasteiger partial charge in [-0.15, -0.1) is 0 Å². The summed E-state index contributed by atoms with van der Waals surface area (Å²) in [6.45, 7) is 4.19. The second-order valence-corrected chi connectivity index (χ2v) is 4.68. The van der Waals surface area contributed by atoms with Crippen LogP contribution in [0.15, 0.2) is 18.2 Å². The number of aromatic nitrogens is 2. The van der Waals surface area contributed by atoms with Gasteiger partial charge in [-0.05, 0) is 31.5 Å². The first-order valence-electron chi connectivity index (χ1n) is 6.43. The third-order valence-corrected chi connectivity index (χ3v) is 3.39. The van der Waals surface area contributed by atoms with Crippen LogP contribution in [0.4, 0.5) is 0 Å². The number of rotatable bonds is 3. The van der Waals surface area contributed by atoms with Crippen molar-refractivity contribution in [3.63, 3.8) is 0 Å². The molecule has 20 heavy (non-hydrogen) atoms. The third-order valence-electron chi connectivity index (χ3n) is 3.39. The maximum absolute atomic E-state index is 11.9. The highest BCUT2D eigenvalue weighted by Crippen LogP contribution is 2.36. The van der Waals surface area contributed by atoms with Crippen molar-refractivity contribution in [2.75, 3.05) is 6.61 Å². The number of carbonyl (C=O) groups is 1. The maximum atomic E-state index is 11.9. The fourth-order valence-electron chi connectivity index (χ4n) is 2.47. The van der Waals surface area contributed by atoms with Gasteiger partial charge in [0.1, 0.15) is 0 Å². The van der Waals surface area contributed by atoms with Gasteiger partial charge in [0.2, 0.25) is 0 Å². The van der Waals surface area contributed by atoms with Gasteiger partial charge in [0.25, 0.3) is 5.91 Å². The normalized spacial score (nSPS) is 16.9. The van der Waals surface area contributed by atoms with Crippen molar-refractivity contribution in [3.8, 4) is 11.5 Å². The molecule has 3 rings (SSSR count). The molecule has 0 saturated carbocycles. The summed E-state index contributed by atoms with van der Waals surface area (Å²) >= 11 is 0. The van der Waals surface area contributed by atoms with Gasteiger partial charge < -0.3 is 15.2 Å². The molecule has 1 aromatic heterocycles. The van der Waals surface area contributed by atoms with Gasteiger partial charge in [-0.3, -0.25) is 9.89 Å². The van der Waals surface area contributed by atoms with Crippen LogP contribution in [0.1, 0.15) is 40.3 Å². The highest BCUT2D eigenvalue weighted by atomic mass is 16.5. The molecule has 1 aliphatic rings. The topological polar surface area (TPSA) is 87.2 Å². The highest BCUT2D eigenvalue weighted by Gasteiger charge is 2.34. The average molecular weight is 273 g/mol. The quantitative estimate of drug-likeness (QED) is 0.793. The van der Waals surface area contributed by atoms with Crippen molar-refractivity contribution in [1.29, 1.82) is 0 Å². The zero-order chi connectivity index (χ0) is 14.3. The molecule has 1 aromatic carbocycles. The number of nitrogens with zero attached hydrogens (tertiary/aromatic N) is 1. The van der Waals surface area contributed by atoms with Gasteiger partial charge in [0.05, 0.1) is 12.6 Å². The van der Waals surface area contributed by atoms with Gasteiger partial charge in [0.15, 0.2) is 17.2 Å². The number of phenols is 1. The minimum atomic E-state index is -0.268. The number of carbonyl (C=O) groups excluding carboxylic acids is 1. The molecule has 1 unspecified atom stereocenters. The molecule has 3 N–H and O–H groups in total. The molecule has 0 spiro atoms. The van der Waals surface area contributed by atoms with Crippen LogP contribution in [-0.2, 0) is 0 Å². The third kappa shape index (κ3) is 1.80. The van der Waals surface area contributed by atoms with E-state index in [1.165, 1.54) is 0 Å². The standard InChI is InChI=1S/C14H15N3O3/c1-3-20-10-6-8(4-5-9(10)18)12-11-7(2)16-17-13(11)14(19)15-12/h4-6,12,18H,3H2,1-2H3,(H,15,19)(H,16,17). The van der Waals surface area contributed by atoms with E-state index in [9.17, 15) is 9.90 Å². The van der Waals surface area contributed by atoms with E-state index in [1.807, 2.05) is 13.8 Å². The second-order valence-electron chi connectivity index (χ2n) is 4.68. The van der Waals surface area contributed by atoms with Gasteiger partial charge in [-0.25, -0.2) is 0 Å². The van der Waals surface area contributed by atoms with Crippen molar-refractivity contribution in [2.24, 2.45) is 0 Å². The number of aromatic amines is 1. The lowest BCUT2D eigenvalue weighted by Crippen LogP contribution is -2.21. The number of nitrogens with one attached hydrogen (secondary N) is 2. The van der Waals surface area contributed by atoms with E-state index in [-0.39, 0.29) is 17.7 Å². The van der Waals surface area contributed by atoms with Crippen LogP contribution in [0.2, 0.25) is 0 Å². The smallest absolute Gasteiger partial charge is 0.272 e. The Morgan fingerprint density at radius 2 is 2.25 bits per heavy atom. The molecular formula is C14H15N3O3. The predicted molar refractivity (Wildman–Crippen MR) is 71.9 cm³/mol. The summed E-state index contributed by atoms with van der Waals surface area (Å²) in [4.78, 5) is 11.9. The number of hydrogen-bond donors (Lipinski definition) is 3. The second kappa shape index (κ2) is 4.56. The highest BCUT2D eigenvalue weighted by molar-refractivity contribution is 5.98. The Kier molecular flexibility index (Phi) is 2.85. The molecule has 104 valence electrons. The van der Waals surface area contributed by atoms with Crippen LogP contribution >= 0.6 is 0 Å². The fourth-order valence-corrected chi connectivity index (χ4v) is 2.47. The number of H-pyrrole nitrogens is 1. The van der Waals surface area contributed by atoms with E-state index in [4.69, 9.17) is 4.74 Å². The van der Waals surface area contributed by atoms with E-state index in [0.717, 1.165) is 16.8 Å². The maximum Gasteiger partial charge on any atom is 0.272 e. The van der Waals surface area contributed by atoms with E-state index in [2.05, 4.69) is 15.5 Å². The Morgan fingerprint density at radius 3 is 3.00 bits per heavy atom. The summed E-state index contributed by atoms with van der Waals surface area (Å²) in [6, 6.07) is 4.81. The van der Waals surface area contributed by atoms with Crippen LogP contribution in [0.25, 0.3) is 0 Å². The molecule has 0 bridgehead atoms. The number of hydrogen-bond acceptors (Lipinski definition) is 4. The number of aryl methyl sites for hydroxylation is 1. The van der Waals surface area contributed by atoms with Crippen LogP contribution < -0.4 is 10.1 Å². The van der Waals surface area contributed by atoms with Gasteiger partial charge in [0, 0.05) is 11.3 Å². The number of phenolic OH excluding ortho intramolecular Hbond substituents is 1. The predicted octanol–water partition coefficient (Wildman–Crippen LogP) is 1.66. The van der Waals surface area contributed by atoms with Crippen LogP contribution in [0.3, 0.4) is 0 Å². The Hall–Kier alpha value is -2.50. The van der Waals surface area contributed by atoms with Crippen LogP contribution in [-0.4, -0.2) is 27.8 Å². The van der Waals surface area contributed by atoms with Crippen molar-refractivity contribution in [3.05, 3.63) is 40.7 Å². The van der Waals surface area contributed by atoms with E-state index >= 15 is 0 Å². The number of amides is 1. The summed E-state index contributed by atoms with van der Waals surface area (Å²) in [7, 11) is 0. The summed E-state index contributed by atoms with van der Waals surface area (Å²) in [6.07, 6.45) is 0. The molecule has 1 atom stereocenters. The Bertz CT molecular complexity index is 678. The summed E-state index contributed by atoms with van der Waals surface area (Å²) in [5.41, 5.74) is 2.99. The Balaban J connectivity index is 2.04. The summed E-state index contributed by atoms with van der Waals surface area (Å²) in [5, 5.41) is 19.5. The molecule has 0 radical (unpaired) electrons. The minimum Gasteiger partial charge on any atom is -0.504 e. The summed E-state index contributed by atoms with van der Waals surface area (Å²) < 4.78 is 5.38. The number of aromatic hydroxyl groups is 1. The molecule has 6 nitrogen and oxygen atoms in total. The first-order valence-corrected chi connectivity index (χ1v) is 6.43. The zero-order valence-corrected chi connectivity index (χ0v) is 11.2. The number of fused-ring (bicyclic) bond motifs is 1. The molecule has 2 heterocycles. The van der Waals surface area contributed by atoms with Crippen molar-refractivity contribution in [2.45, 2.75) is 19.9 Å². The molecule has 0 saturated heterocycles. The van der Waals surface area contributed by atoms with Gasteiger partial charge >= 0.3 is 0 Å². The number of ether oxygens (including phenoxy) is 1. The lowest BCUT2D eigenvalue weighted by atomic mass is 10.00. The molecule has 1 amide bonds. The van der Waals surface area contributed by atoms with Crippen molar-refractivity contribution in [1.82, 2.24) is 15.5 Å². The van der Waals surface area contributed by atoms with Crippen LogP contribution in [0, 0.1) is 6.92 Å².